The van der Waals surface area contributed by atoms with Gasteiger partial charge in [0.15, 0.2) is 0 Å². The second-order valence-corrected chi connectivity index (χ2v) is 6.69. The topological polar surface area (TPSA) is 15.3 Å². The third-order valence-electron chi connectivity index (χ3n) is 4.08. The van der Waals surface area contributed by atoms with Crippen LogP contribution in [0.4, 0.5) is 0 Å². The van der Waals surface area contributed by atoms with Gasteiger partial charge in [0.05, 0.1) is 0 Å². The molecule has 3 heteroatoms. The van der Waals surface area contributed by atoms with Gasteiger partial charge in [-0.2, -0.15) is 0 Å². The van der Waals surface area contributed by atoms with E-state index in [0.717, 1.165) is 30.5 Å². The Morgan fingerprint density at radius 2 is 1.90 bits per heavy atom. The van der Waals surface area contributed by atoms with Crippen LogP contribution in [0.1, 0.15) is 22.7 Å². The number of fused-ring (bicyclic) bond motifs is 1. The molecule has 21 heavy (non-hydrogen) atoms. The zero-order valence-corrected chi connectivity index (χ0v) is 13.9. The summed E-state index contributed by atoms with van der Waals surface area (Å²) in [4.78, 5) is 2.39. The smallest absolute Gasteiger partial charge is 0.0452 e. The van der Waals surface area contributed by atoms with Gasteiger partial charge in [0.1, 0.15) is 0 Å². The molecule has 0 aromatic heterocycles. The van der Waals surface area contributed by atoms with Gasteiger partial charge < -0.3 is 10.2 Å². The molecule has 1 unspecified atom stereocenters. The molecule has 2 aromatic carbocycles. The number of hydrogen-bond donors (Lipinski definition) is 1. The first-order valence-corrected chi connectivity index (χ1v) is 8.26. The highest BCUT2D eigenvalue weighted by atomic mass is 79.9. The second kappa shape index (κ2) is 6.73. The zero-order chi connectivity index (χ0) is 14.7. The molecule has 110 valence electrons. The molecule has 2 nitrogen and oxygen atoms in total. The van der Waals surface area contributed by atoms with Crippen LogP contribution in [-0.2, 0) is 13.0 Å². The SMILES string of the molecule is CN(Cc1ccc(Br)cc1)CC1NCCc2ccccc21. The third kappa shape index (κ3) is 3.73. The lowest BCUT2D eigenvalue weighted by Crippen LogP contribution is -2.37. The lowest BCUT2D eigenvalue weighted by atomic mass is 9.94. The van der Waals surface area contributed by atoms with Crippen LogP contribution in [0.5, 0.6) is 0 Å². The summed E-state index contributed by atoms with van der Waals surface area (Å²) in [6.45, 7) is 3.09. The van der Waals surface area contributed by atoms with Gasteiger partial charge in [-0.05, 0) is 48.8 Å². The van der Waals surface area contributed by atoms with Gasteiger partial charge in [-0.25, -0.2) is 0 Å². The summed E-state index contributed by atoms with van der Waals surface area (Å²) >= 11 is 3.49. The number of benzene rings is 2. The first kappa shape index (κ1) is 14.8. The number of likely N-dealkylation sites (N-methyl/N-ethyl adjacent to an activating group) is 1. The summed E-state index contributed by atoms with van der Waals surface area (Å²) in [7, 11) is 2.20. The van der Waals surface area contributed by atoms with Crippen LogP contribution < -0.4 is 5.32 Å². The Kier molecular flexibility index (Phi) is 4.73. The first-order valence-electron chi connectivity index (χ1n) is 7.46. The lowest BCUT2D eigenvalue weighted by Gasteiger charge is -2.30. The van der Waals surface area contributed by atoms with Gasteiger partial charge in [-0.15, -0.1) is 0 Å². The Morgan fingerprint density at radius 1 is 1.14 bits per heavy atom. The average molecular weight is 345 g/mol. The maximum atomic E-state index is 3.65. The minimum absolute atomic E-state index is 0.440. The largest absolute Gasteiger partial charge is 0.309 e. The quantitative estimate of drug-likeness (QED) is 0.908. The van der Waals surface area contributed by atoms with Crippen LogP contribution in [0.2, 0.25) is 0 Å². The van der Waals surface area contributed by atoms with Crippen LogP contribution >= 0.6 is 15.9 Å². The number of nitrogens with one attached hydrogen (secondary N) is 1. The average Bonchev–Trinajstić information content (AvgIpc) is 2.50. The highest BCUT2D eigenvalue weighted by Crippen LogP contribution is 2.23. The van der Waals surface area contributed by atoms with Crippen molar-refractivity contribution in [3.05, 3.63) is 69.7 Å². The Balaban J connectivity index is 1.65. The maximum Gasteiger partial charge on any atom is 0.0452 e. The molecule has 1 atom stereocenters. The van der Waals surface area contributed by atoms with Crippen molar-refractivity contribution < 1.29 is 0 Å². The van der Waals surface area contributed by atoms with Crippen molar-refractivity contribution in [2.24, 2.45) is 0 Å². The number of rotatable bonds is 4. The maximum absolute atomic E-state index is 3.65. The fraction of sp³-hybridized carbons (Fsp3) is 0.333. The summed E-state index contributed by atoms with van der Waals surface area (Å²) in [6, 6.07) is 17.8. The van der Waals surface area contributed by atoms with E-state index in [0.29, 0.717) is 6.04 Å². The fourth-order valence-corrected chi connectivity index (χ4v) is 3.30. The zero-order valence-electron chi connectivity index (χ0n) is 12.3. The molecule has 1 aliphatic heterocycles. The minimum Gasteiger partial charge on any atom is -0.309 e. The van der Waals surface area contributed by atoms with E-state index in [2.05, 4.69) is 81.7 Å². The van der Waals surface area contributed by atoms with Crippen LogP contribution in [0.25, 0.3) is 0 Å². The molecule has 0 radical (unpaired) electrons. The first-order chi connectivity index (χ1) is 10.2. The molecule has 0 bridgehead atoms. The molecule has 3 rings (SSSR count). The Hall–Kier alpha value is -1.16. The Morgan fingerprint density at radius 3 is 2.71 bits per heavy atom. The molecular formula is C18H21BrN2. The van der Waals surface area contributed by atoms with Crippen LogP contribution in [-0.4, -0.2) is 25.0 Å². The van der Waals surface area contributed by atoms with Crippen molar-refractivity contribution in [2.45, 2.75) is 19.0 Å². The van der Waals surface area contributed by atoms with Crippen LogP contribution in [0.3, 0.4) is 0 Å². The van der Waals surface area contributed by atoms with Crippen molar-refractivity contribution in [3.8, 4) is 0 Å². The van der Waals surface area contributed by atoms with Gasteiger partial charge in [0, 0.05) is 23.6 Å². The lowest BCUT2D eigenvalue weighted by molar-refractivity contribution is 0.278. The van der Waals surface area contributed by atoms with Crippen molar-refractivity contribution in [1.29, 1.82) is 0 Å². The highest BCUT2D eigenvalue weighted by Gasteiger charge is 2.20. The molecule has 0 amide bonds. The van der Waals surface area contributed by atoms with Crippen LogP contribution in [0, 0.1) is 0 Å². The van der Waals surface area contributed by atoms with Gasteiger partial charge in [0.2, 0.25) is 0 Å². The van der Waals surface area contributed by atoms with Crippen molar-refractivity contribution in [3.63, 3.8) is 0 Å². The molecule has 0 aliphatic carbocycles. The Labute approximate surface area is 135 Å². The molecule has 0 spiro atoms. The Bertz CT molecular complexity index is 594. The van der Waals surface area contributed by atoms with Gasteiger partial charge in [0.25, 0.3) is 0 Å². The number of hydrogen-bond acceptors (Lipinski definition) is 2. The third-order valence-corrected chi connectivity index (χ3v) is 4.60. The second-order valence-electron chi connectivity index (χ2n) is 5.78. The van der Waals surface area contributed by atoms with Gasteiger partial charge in [-0.1, -0.05) is 52.3 Å². The van der Waals surface area contributed by atoms with Crippen molar-refractivity contribution >= 4 is 15.9 Å². The van der Waals surface area contributed by atoms with Gasteiger partial charge >= 0.3 is 0 Å². The monoisotopic (exact) mass is 344 g/mol. The normalized spacial score (nSPS) is 17.8. The van der Waals surface area contributed by atoms with Crippen LogP contribution in [0.15, 0.2) is 53.0 Å². The van der Waals surface area contributed by atoms with E-state index < -0.39 is 0 Å². The molecule has 1 aliphatic rings. The molecular weight excluding hydrogens is 324 g/mol. The number of nitrogens with zero attached hydrogens (tertiary/aromatic N) is 1. The van der Waals surface area contributed by atoms with E-state index >= 15 is 0 Å². The summed E-state index contributed by atoms with van der Waals surface area (Å²) in [6.07, 6.45) is 1.14. The standard InChI is InChI=1S/C18H21BrN2/c1-21(12-14-6-8-16(19)9-7-14)13-18-17-5-3-2-4-15(17)10-11-20-18/h2-9,18,20H,10-13H2,1H3. The molecule has 2 aromatic rings. The van der Waals surface area contributed by atoms with E-state index in [1.54, 1.807) is 0 Å². The summed E-state index contributed by atoms with van der Waals surface area (Å²) < 4.78 is 1.14. The highest BCUT2D eigenvalue weighted by molar-refractivity contribution is 9.10. The predicted molar refractivity (Wildman–Crippen MR) is 91.4 cm³/mol. The van der Waals surface area contributed by atoms with E-state index in [-0.39, 0.29) is 0 Å². The van der Waals surface area contributed by atoms with Gasteiger partial charge in [-0.3, -0.25) is 0 Å². The van der Waals surface area contributed by atoms with E-state index in [1.165, 1.54) is 16.7 Å². The minimum atomic E-state index is 0.440. The molecule has 0 saturated heterocycles. The molecule has 1 heterocycles. The molecule has 0 saturated carbocycles. The van der Waals surface area contributed by atoms with Crippen molar-refractivity contribution in [2.75, 3.05) is 20.1 Å². The van der Waals surface area contributed by atoms with E-state index in [1.807, 2.05) is 0 Å². The molecule has 1 N–H and O–H groups in total. The summed E-state index contributed by atoms with van der Waals surface area (Å²) in [5.41, 5.74) is 4.31. The fourth-order valence-electron chi connectivity index (χ4n) is 3.03. The van der Waals surface area contributed by atoms with E-state index in [4.69, 9.17) is 0 Å². The summed E-state index contributed by atoms with van der Waals surface area (Å²) in [5.74, 6) is 0. The van der Waals surface area contributed by atoms with Crippen molar-refractivity contribution in [1.82, 2.24) is 10.2 Å². The van der Waals surface area contributed by atoms with E-state index in [9.17, 15) is 0 Å². The number of halogens is 1. The predicted octanol–water partition coefficient (Wildman–Crippen LogP) is 3.77. The molecule has 0 fully saturated rings. The summed E-state index contributed by atoms with van der Waals surface area (Å²) in [5, 5.41) is 3.65.